The highest BCUT2D eigenvalue weighted by atomic mass is 19.4. The predicted molar refractivity (Wildman–Crippen MR) is 94.3 cm³/mol. The molecule has 0 radical (unpaired) electrons. The van der Waals surface area contributed by atoms with Crippen molar-refractivity contribution in [2.45, 2.75) is 61.9 Å². The number of benzene rings is 1. The molecule has 7 heteroatoms. The van der Waals surface area contributed by atoms with E-state index in [2.05, 4.69) is 5.32 Å². The van der Waals surface area contributed by atoms with Crippen molar-refractivity contribution < 1.29 is 22.7 Å². The van der Waals surface area contributed by atoms with Crippen LogP contribution in [-0.2, 0) is 9.53 Å². The second-order valence-corrected chi connectivity index (χ2v) is 7.96. The average molecular weight is 382 g/mol. The molecule has 1 aromatic rings. The molecule has 148 valence electrons. The Morgan fingerprint density at radius 3 is 2.56 bits per heavy atom. The summed E-state index contributed by atoms with van der Waals surface area (Å²) in [5, 5.41) is 3.27. The lowest BCUT2D eigenvalue weighted by molar-refractivity contribution is -0.194. The highest BCUT2D eigenvalue weighted by Crippen LogP contribution is 2.48. The molecule has 2 saturated heterocycles. The quantitative estimate of drug-likeness (QED) is 0.873. The predicted octanol–water partition coefficient (Wildman–Crippen LogP) is 3.23. The zero-order valence-corrected chi connectivity index (χ0v) is 15.2. The first-order valence-corrected chi connectivity index (χ1v) is 9.69. The molecule has 4 rings (SSSR count). The van der Waals surface area contributed by atoms with E-state index in [1.165, 1.54) is 0 Å². The minimum Gasteiger partial charge on any atom is -0.375 e. The van der Waals surface area contributed by atoms with Crippen LogP contribution in [0.5, 0.6) is 0 Å². The van der Waals surface area contributed by atoms with E-state index in [9.17, 15) is 18.0 Å². The first-order valence-electron chi connectivity index (χ1n) is 9.69. The van der Waals surface area contributed by atoms with Crippen LogP contribution in [0.25, 0.3) is 0 Å². The molecule has 0 aromatic heterocycles. The minimum absolute atomic E-state index is 0.00989. The van der Waals surface area contributed by atoms with E-state index in [1.54, 1.807) is 0 Å². The molecule has 0 bridgehead atoms. The van der Waals surface area contributed by atoms with Crippen molar-refractivity contribution in [2.24, 2.45) is 0 Å². The third-order valence-electron chi connectivity index (χ3n) is 6.19. The molecule has 1 amide bonds. The highest BCUT2D eigenvalue weighted by Gasteiger charge is 2.55. The molecule has 1 spiro atoms. The molecule has 1 N–H and O–H groups in total. The summed E-state index contributed by atoms with van der Waals surface area (Å²) in [6.45, 7) is 2.01. The van der Waals surface area contributed by atoms with Crippen LogP contribution in [0.2, 0.25) is 0 Å². The number of piperidine rings is 1. The number of hydrogen-bond donors (Lipinski definition) is 1. The van der Waals surface area contributed by atoms with Crippen LogP contribution in [-0.4, -0.2) is 54.4 Å². The summed E-state index contributed by atoms with van der Waals surface area (Å²) in [5.74, 6) is -1.70. The van der Waals surface area contributed by atoms with Crippen molar-refractivity contribution in [3.8, 4) is 0 Å². The molecule has 1 unspecified atom stereocenters. The topological polar surface area (TPSA) is 41.6 Å². The van der Waals surface area contributed by atoms with Crippen molar-refractivity contribution in [2.75, 3.05) is 19.7 Å². The fourth-order valence-corrected chi connectivity index (χ4v) is 4.75. The molecule has 3 aliphatic rings. The molecule has 1 aromatic carbocycles. The number of hydrogen-bond acceptors (Lipinski definition) is 3. The van der Waals surface area contributed by atoms with Gasteiger partial charge in [-0.15, -0.1) is 0 Å². The van der Waals surface area contributed by atoms with Crippen molar-refractivity contribution >= 4 is 5.91 Å². The first kappa shape index (κ1) is 18.7. The number of nitrogens with zero attached hydrogens (tertiary/aromatic N) is 1. The molecule has 2 aliphatic heterocycles. The van der Waals surface area contributed by atoms with Gasteiger partial charge in [-0.3, -0.25) is 4.79 Å². The van der Waals surface area contributed by atoms with Crippen molar-refractivity contribution in [3.63, 3.8) is 0 Å². The van der Waals surface area contributed by atoms with Gasteiger partial charge in [0, 0.05) is 24.6 Å². The van der Waals surface area contributed by atoms with Gasteiger partial charge < -0.3 is 15.0 Å². The van der Waals surface area contributed by atoms with Gasteiger partial charge in [-0.2, -0.15) is 13.2 Å². The number of carbonyl (C=O) groups excluding carboxylic acids is 1. The zero-order valence-electron chi connectivity index (χ0n) is 15.2. The van der Waals surface area contributed by atoms with E-state index < -0.39 is 23.7 Å². The fourth-order valence-electron chi connectivity index (χ4n) is 4.75. The Hall–Kier alpha value is -1.60. The summed E-state index contributed by atoms with van der Waals surface area (Å²) in [5.41, 5.74) is 0.612. The Morgan fingerprint density at radius 1 is 1.19 bits per heavy atom. The van der Waals surface area contributed by atoms with Crippen LogP contribution < -0.4 is 5.32 Å². The Bertz CT molecular complexity index is 668. The Kier molecular flexibility index (Phi) is 4.93. The molecule has 1 saturated carbocycles. The van der Waals surface area contributed by atoms with Gasteiger partial charge in [-0.05, 0) is 50.8 Å². The molecule has 2 heterocycles. The lowest BCUT2D eigenvalue weighted by Crippen LogP contribution is -2.56. The summed E-state index contributed by atoms with van der Waals surface area (Å²) in [4.78, 5) is 13.5. The highest BCUT2D eigenvalue weighted by molar-refractivity contribution is 5.83. The average Bonchev–Trinajstić information content (AvgIpc) is 3.43. The normalized spacial score (nSPS) is 30.1. The molecule has 27 heavy (non-hydrogen) atoms. The lowest BCUT2D eigenvalue weighted by atomic mass is 9.82. The number of rotatable bonds is 3. The largest absolute Gasteiger partial charge is 0.471 e. The second kappa shape index (κ2) is 7.09. The van der Waals surface area contributed by atoms with Gasteiger partial charge in [0.25, 0.3) is 0 Å². The van der Waals surface area contributed by atoms with E-state index in [-0.39, 0.29) is 12.0 Å². The van der Waals surface area contributed by atoms with Gasteiger partial charge in [0.05, 0.1) is 5.60 Å². The van der Waals surface area contributed by atoms with Crippen LogP contribution in [0, 0.1) is 0 Å². The first-order chi connectivity index (χ1) is 12.9. The van der Waals surface area contributed by atoms with Crippen LogP contribution in [0.3, 0.4) is 0 Å². The summed E-state index contributed by atoms with van der Waals surface area (Å²) in [6, 6.07) is 8.74. The van der Waals surface area contributed by atoms with Gasteiger partial charge in [-0.1, -0.05) is 30.3 Å². The van der Waals surface area contributed by atoms with Gasteiger partial charge >= 0.3 is 12.1 Å². The number of carbonyl (C=O) groups is 1. The van der Waals surface area contributed by atoms with Crippen LogP contribution in [0.15, 0.2) is 30.3 Å². The third kappa shape index (κ3) is 3.85. The molecule has 1 aliphatic carbocycles. The number of alkyl halides is 3. The maximum Gasteiger partial charge on any atom is 0.471 e. The van der Waals surface area contributed by atoms with E-state index in [0.717, 1.165) is 36.4 Å². The smallest absolute Gasteiger partial charge is 0.375 e. The fraction of sp³-hybridized carbons (Fsp3) is 0.650. The Morgan fingerprint density at radius 2 is 1.89 bits per heavy atom. The maximum atomic E-state index is 13.4. The van der Waals surface area contributed by atoms with Crippen molar-refractivity contribution in [3.05, 3.63) is 35.9 Å². The van der Waals surface area contributed by atoms with Crippen LogP contribution >= 0.6 is 0 Å². The Balaban J connectivity index is 1.56. The standard InChI is InChI=1S/C20H25F3N2O2/c21-20(22,23)18(26)25(17-12-16(17)14-4-2-1-3-5-14)15-6-11-27-19(13-15)7-9-24-10-8-19/h1-5,15-17,24H,6-13H2/t15?,16-,17+/m0/s1. The second-order valence-electron chi connectivity index (χ2n) is 7.96. The number of amides is 1. The van der Waals surface area contributed by atoms with E-state index >= 15 is 0 Å². The summed E-state index contributed by atoms with van der Waals surface area (Å²) < 4.78 is 46.1. The summed E-state index contributed by atoms with van der Waals surface area (Å²) >= 11 is 0. The molecular weight excluding hydrogens is 357 g/mol. The number of nitrogens with one attached hydrogen (secondary N) is 1. The zero-order chi connectivity index (χ0) is 19.1. The number of halogens is 3. The van der Waals surface area contributed by atoms with E-state index in [1.807, 2.05) is 30.3 Å². The third-order valence-corrected chi connectivity index (χ3v) is 6.19. The summed E-state index contributed by atoms with van der Waals surface area (Å²) in [6.07, 6.45) is -1.72. The molecule has 4 nitrogen and oxygen atoms in total. The molecule has 3 atom stereocenters. The van der Waals surface area contributed by atoms with Crippen molar-refractivity contribution in [1.29, 1.82) is 0 Å². The monoisotopic (exact) mass is 382 g/mol. The van der Waals surface area contributed by atoms with Gasteiger partial charge in [0.1, 0.15) is 0 Å². The number of ether oxygens (including phenoxy) is 1. The van der Waals surface area contributed by atoms with Gasteiger partial charge in [0.2, 0.25) is 0 Å². The van der Waals surface area contributed by atoms with Gasteiger partial charge in [0.15, 0.2) is 0 Å². The Labute approximate surface area is 157 Å². The van der Waals surface area contributed by atoms with E-state index in [4.69, 9.17) is 4.74 Å². The lowest BCUT2D eigenvalue weighted by Gasteiger charge is -2.47. The summed E-state index contributed by atoms with van der Waals surface area (Å²) in [7, 11) is 0. The van der Waals surface area contributed by atoms with Gasteiger partial charge in [-0.25, -0.2) is 0 Å². The molecule has 3 fully saturated rings. The maximum absolute atomic E-state index is 13.4. The van der Waals surface area contributed by atoms with E-state index in [0.29, 0.717) is 25.9 Å². The van der Waals surface area contributed by atoms with Crippen LogP contribution in [0.1, 0.15) is 43.6 Å². The SMILES string of the molecule is O=C(N(C1CCOC2(CCNCC2)C1)[C@@H]1C[C@H]1c1ccccc1)C(F)(F)F. The van der Waals surface area contributed by atoms with Crippen molar-refractivity contribution in [1.82, 2.24) is 10.2 Å². The van der Waals surface area contributed by atoms with Crippen LogP contribution in [0.4, 0.5) is 13.2 Å². The molecular formula is C20H25F3N2O2. The minimum atomic E-state index is -4.84.